The third-order valence-corrected chi connectivity index (χ3v) is 13.3. The van der Waals surface area contributed by atoms with E-state index in [2.05, 4.69) is 94.9 Å². The van der Waals surface area contributed by atoms with Gasteiger partial charge in [0.05, 0.1) is 6.10 Å². The summed E-state index contributed by atoms with van der Waals surface area (Å²) in [5.74, 6) is 0.726. The van der Waals surface area contributed by atoms with E-state index in [1.807, 2.05) is 6.08 Å². The third-order valence-electron chi connectivity index (χ3n) is 8.30. The molecule has 0 bridgehead atoms. The molecule has 1 aliphatic heterocycles. The number of carbonyl (C=O) groups is 1. The molecule has 0 N–H and O–H groups in total. The molecule has 188 valence electrons. The summed E-state index contributed by atoms with van der Waals surface area (Å²) in [6.07, 6.45) is 7.19. The standard InChI is InChI=1S/C31H42O3Si/c1-6-14-25-20-21-29(32)31(34-25)22-13-19-28(31)24(2)23-33-35(30(3,4)5,26-15-9-7-10-16-26)27-17-11-8-12-18-27/h6-12,15-18,24-25,28H,1,13-14,19-23H2,2-5H3/t24-,25-,28+,31+/m0/s1. The normalized spacial score (nSPS) is 26.1. The Kier molecular flexibility index (Phi) is 7.85. The summed E-state index contributed by atoms with van der Waals surface area (Å²) in [4.78, 5) is 13.3. The Morgan fingerprint density at radius 2 is 1.69 bits per heavy atom. The summed E-state index contributed by atoms with van der Waals surface area (Å²) in [6.45, 7) is 13.7. The third kappa shape index (κ3) is 4.85. The highest BCUT2D eigenvalue weighted by Crippen LogP contribution is 2.48. The smallest absolute Gasteiger partial charge is 0.261 e. The fraction of sp³-hybridized carbons (Fsp3) is 0.516. The van der Waals surface area contributed by atoms with Crippen LogP contribution in [0.3, 0.4) is 0 Å². The minimum Gasteiger partial charge on any atom is -0.407 e. The van der Waals surface area contributed by atoms with Crippen LogP contribution in [-0.4, -0.2) is 32.4 Å². The van der Waals surface area contributed by atoms with Crippen LogP contribution in [0.5, 0.6) is 0 Å². The lowest BCUT2D eigenvalue weighted by molar-refractivity contribution is -0.177. The van der Waals surface area contributed by atoms with Gasteiger partial charge in [-0.25, -0.2) is 0 Å². The monoisotopic (exact) mass is 490 g/mol. The highest BCUT2D eigenvalue weighted by Gasteiger charge is 2.55. The van der Waals surface area contributed by atoms with Crippen LogP contribution in [-0.2, 0) is 14.0 Å². The lowest BCUT2D eigenvalue weighted by Gasteiger charge is -2.46. The Balaban J connectivity index is 1.65. The molecule has 1 aliphatic carbocycles. The Morgan fingerprint density at radius 1 is 1.09 bits per heavy atom. The minimum atomic E-state index is -2.61. The average Bonchev–Trinajstić information content (AvgIpc) is 3.26. The first-order valence-electron chi connectivity index (χ1n) is 13.3. The molecule has 0 radical (unpaired) electrons. The van der Waals surface area contributed by atoms with Gasteiger partial charge in [-0.2, -0.15) is 0 Å². The first-order valence-corrected chi connectivity index (χ1v) is 15.2. The van der Waals surface area contributed by atoms with Crippen LogP contribution in [0.15, 0.2) is 73.3 Å². The van der Waals surface area contributed by atoms with Crippen molar-refractivity contribution in [2.75, 3.05) is 6.61 Å². The van der Waals surface area contributed by atoms with Gasteiger partial charge in [-0.1, -0.05) is 94.4 Å². The van der Waals surface area contributed by atoms with Crippen LogP contribution in [0.25, 0.3) is 0 Å². The van der Waals surface area contributed by atoms with E-state index in [1.165, 1.54) is 10.4 Å². The molecule has 1 spiro atoms. The van der Waals surface area contributed by atoms with Crippen LogP contribution in [0.1, 0.15) is 66.2 Å². The molecule has 0 aromatic heterocycles. The van der Waals surface area contributed by atoms with Crippen molar-refractivity contribution in [1.82, 2.24) is 0 Å². The second kappa shape index (κ2) is 10.5. The molecule has 2 aliphatic rings. The molecule has 4 heteroatoms. The summed E-state index contributed by atoms with van der Waals surface area (Å²) in [6, 6.07) is 21.6. The highest BCUT2D eigenvalue weighted by molar-refractivity contribution is 6.99. The number of Topliss-reactive ketones (excluding diaryl/α,β-unsaturated/α-hetero) is 1. The van der Waals surface area contributed by atoms with Crippen molar-refractivity contribution in [3.63, 3.8) is 0 Å². The Hall–Kier alpha value is -2.01. The molecular formula is C31H42O3Si. The fourth-order valence-electron chi connectivity index (χ4n) is 6.65. The van der Waals surface area contributed by atoms with E-state index in [0.29, 0.717) is 18.8 Å². The summed E-state index contributed by atoms with van der Waals surface area (Å²) in [5.41, 5.74) is -0.639. The van der Waals surface area contributed by atoms with Crippen molar-refractivity contribution in [3.8, 4) is 0 Å². The quantitative estimate of drug-likeness (QED) is 0.333. The van der Waals surface area contributed by atoms with Gasteiger partial charge in [-0.05, 0) is 59.4 Å². The van der Waals surface area contributed by atoms with Crippen LogP contribution in [0.2, 0.25) is 5.04 Å². The average molecular weight is 491 g/mol. The SMILES string of the molecule is C=CC[C@H]1CCC(=O)[C@]2(CCC[C@@H]2[C@@H](C)CO[Si](c2ccccc2)(c2ccccc2)C(C)(C)C)O1. The predicted octanol–water partition coefficient (Wildman–Crippen LogP) is 6.06. The van der Waals surface area contributed by atoms with E-state index in [1.54, 1.807) is 0 Å². The lowest BCUT2D eigenvalue weighted by Crippen LogP contribution is -2.67. The molecule has 1 heterocycles. The first-order chi connectivity index (χ1) is 16.7. The Labute approximate surface area is 213 Å². The van der Waals surface area contributed by atoms with Crippen LogP contribution in [0.4, 0.5) is 0 Å². The van der Waals surface area contributed by atoms with Crippen molar-refractivity contribution in [2.45, 2.75) is 83.0 Å². The first kappa shape index (κ1) is 26.1. The minimum absolute atomic E-state index is 0.0605. The Morgan fingerprint density at radius 3 is 2.23 bits per heavy atom. The molecular weight excluding hydrogens is 448 g/mol. The number of carbonyl (C=O) groups excluding carboxylic acids is 1. The zero-order chi connectivity index (χ0) is 25.1. The number of rotatable bonds is 8. The van der Waals surface area contributed by atoms with E-state index in [4.69, 9.17) is 9.16 Å². The van der Waals surface area contributed by atoms with Crippen molar-refractivity contribution < 1.29 is 14.0 Å². The molecule has 3 nitrogen and oxygen atoms in total. The molecule has 2 aromatic carbocycles. The molecule has 2 aromatic rings. The van der Waals surface area contributed by atoms with Gasteiger partial charge in [0.1, 0.15) is 5.60 Å². The molecule has 1 saturated carbocycles. The van der Waals surface area contributed by atoms with E-state index < -0.39 is 13.9 Å². The Bertz CT molecular complexity index is 957. The second-order valence-corrected chi connectivity index (χ2v) is 15.9. The van der Waals surface area contributed by atoms with E-state index in [0.717, 1.165) is 32.1 Å². The maximum Gasteiger partial charge on any atom is 0.261 e. The maximum atomic E-state index is 13.3. The number of ketones is 1. The van der Waals surface area contributed by atoms with Gasteiger partial charge in [-0.15, -0.1) is 6.58 Å². The molecule has 0 amide bonds. The summed E-state index contributed by atoms with van der Waals surface area (Å²) < 4.78 is 13.9. The van der Waals surface area contributed by atoms with Crippen molar-refractivity contribution in [3.05, 3.63) is 73.3 Å². The maximum absolute atomic E-state index is 13.3. The van der Waals surface area contributed by atoms with Gasteiger partial charge < -0.3 is 9.16 Å². The number of ether oxygens (including phenoxy) is 1. The molecule has 4 atom stereocenters. The van der Waals surface area contributed by atoms with Gasteiger partial charge >= 0.3 is 0 Å². The zero-order valence-corrected chi connectivity index (χ0v) is 23.0. The highest BCUT2D eigenvalue weighted by atomic mass is 28.4. The number of benzene rings is 2. The molecule has 35 heavy (non-hydrogen) atoms. The predicted molar refractivity (Wildman–Crippen MR) is 147 cm³/mol. The topological polar surface area (TPSA) is 35.5 Å². The van der Waals surface area contributed by atoms with Gasteiger partial charge in [0.25, 0.3) is 8.32 Å². The number of hydrogen-bond donors (Lipinski definition) is 0. The molecule has 4 rings (SSSR count). The number of hydrogen-bond acceptors (Lipinski definition) is 3. The zero-order valence-electron chi connectivity index (χ0n) is 22.0. The van der Waals surface area contributed by atoms with Crippen LogP contribution >= 0.6 is 0 Å². The van der Waals surface area contributed by atoms with Crippen molar-refractivity contribution in [1.29, 1.82) is 0 Å². The van der Waals surface area contributed by atoms with Gasteiger partial charge in [-0.3, -0.25) is 4.79 Å². The second-order valence-electron chi connectivity index (χ2n) is 11.6. The summed E-state index contributed by atoms with van der Waals surface area (Å²) in [5, 5.41) is 2.53. The van der Waals surface area contributed by atoms with Crippen molar-refractivity contribution in [2.24, 2.45) is 11.8 Å². The molecule has 1 saturated heterocycles. The van der Waals surface area contributed by atoms with E-state index in [9.17, 15) is 4.79 Å². The summed E-state index contributed by atoms with van der Waals surface area (Å²) in [7, 11) is -2.61. The van der Waals surface area contributed by atoms with Crippen molar-refractivity contribution >= 4 is 24.5 Å². The largest absolute Gasteiger partial charge is 0.407 e. The van der Waals surface area contributed by atoms with Crippen LogP contribution < -0.4 is 10.4 Å². The van der Waals surface area contributed by atoms with E-state index >= 15 is 0 Å². The van der Waals surface area contributed by atoms with E-state index in [-0.39, 0.29) is 23.0 Å². The van der Waals surface area contributed by atoms with Crippen LogP contribution in [0, 0.1) is 11.8 Å². The van der Waals surface area contributed by atoms with Gasteiger partial charge in [0.2, 0.25) is 0 Å². The molecule has 2 fully saturated rings. The fourth-order valence-corrected chi connectivity index (χ4v) is 11.3. The van der Waals surface area contributed by atoms with Gasteiger partial charge in [0, 0.05) is 13.0 Å². The summed E-state index contributed by atoms with van der Waals surface area (Å²) >= 11 is 0. The van der Waals surface area contributed by atoms with Gasteiger partial charge in [0.15, 0.2) is 5.78 Å². The molecule has 0 unspecified atom stereocenters. The lowest BCUT2D eigenvalue weighted by atomic mass is 9.75.